The monoisotopic (exact) mass is 704 g/mol. The molecule has 1 atom stereocenters. The lowest BCUT2D eigenvalue weighted by molar-refractivity contribution is 0.0779. The number of para-hydroxylation sites is 3. The molecule has 0 saturated carbocycles. The summed E-state index contributed by atoms with van der Waals surface area (Å²) < 4.78 is 24.7. The van der Waals surface area contributed by atoms with Gasteiger partial charge >= 0.3 is 0 Å². The number of hydrogen-bond acceptors (Lipinski definition) is 9. The largest absolute Gasteiger partial charge is 0.496 e. The van der Waals surface area contributed by atoms with Gasteiger partial charge in [-0.05, 0) is 74.7 Å². The summed E-state index contributed by atoms with van der Waals surface area (Å²) in [6.45, 7) is 4.77. The summed E-state index contributed by atoms with van der Waals surface area (Å²) in [5.74, 6) is 3.09. The number of benzene rings is 3. The fourth-order valence-corrected chi connectivity index (χ4v) is 7.93. The van der Waals surface area contributed by atoms with Crippen molar-refractivity contribution in [2.45, 2.75) is 43.7 Å². The van der Waals surface area contributed by atoms with Crippen LogP contribution in [0.5, 0.6) is 23.0 Å². The Kier molecular flexibility index (Phi) is 10.5. The molecule has 52 heavy (non-hydrogen) atoms. The predicted octanol–water partition coefficient (Wildman–Crippen LogP) is 6.26. The van der Waals surface area contributed by atoms with Gasteiger partial charge in [0, 0.05) is 55.0 Å². The first-order valence-corrected chi connectivity index (χ1v) is 18.0. The quantitative estimate of drug-likeness (QED) is 0.152. The molecule has 11 heteroatoms. The van der Waals surface area contributed by atoms with Gasteiger partial charge < -0.3 is 38.6 Å². The number of pyridine rings is 1. The number of rotatable bonds is 13. The first-order valence-electron chi connectivity index (χ1n) is 18.0. The average Bonchev–Trinajstić information content (AvgIpc) is 3.79. The Hall–Kier alpha value is -5.29. The number of carbonyl (C=O) groups excluding carboxylic acids is 1. The summed E-state index contributed by atoms with van der Waals surface area (Å²) in [6.07, 6.45) is 5.62. The van der Waals surface area contributed by atoms with Crippen molar-refractivity contribution in [3.05, 3.63) is 102 Å². The van der Waals surface area contributed by atoms with Gasteiger partial charge in [-0.1, -0.05) is 36.4 Å². The van der Waals surface area contributed by atoms with Crippen molar-refractivity contribution in [1.29, 1.82) is 0 Å². The van der Waals surface area contributed by atoms with E-state index in [1.807, 2.05) is 41.4 Å². The number of nitrogens with one attached hydrogen (secondary N) is 1. The number of ether oxygens (including phenoxy) is 4. The van der Waals surface area contributed by atoms with Crippen LogP contribution in [0.3, 0.4) is 0 Å². The molecule has 3 aromatic carbocycles. The first-order chi connectivity index (χ1) is 25.4. The molecule has 2 aromatic heterocycles. The third kappa shape index (κ3) is 7.10. The molecule has 2 aliphatic rings. The van der Waals surface area contributed by atoms with Crippen molar-refractivity contribution in [3.63, 3.8) is 0 Å². The third-order valence-corrected chi connectivity index (χ3v) is 10.8. The first kappa shape index (κ1) is 35.1. The highest BCUT2D eigenvalue weighted by atomic mass is 16.5. The van der Waals surface area contributed by atoms with Crippen LogP contribution in [0.1, 0.15) is 47.3 Å². The predicted molar refractivity (Wildman–Crippen MR) is 202 cm³/mol. The zero-order chi connectivity index (χ0) is 36.1. The van der Waals surface area contributed by atoms with E-state index in [0.717, 1.165) is 79.3 Å². The molecule has 11 nitrogen and oxygen atoms in total. The second-order valence-electron chi connectivity index (χ2n) is 13.7. The second kappa shape index (κ2) is 15.5. The number of methoxy groups -OCH3 is 4. The van der Waals surface area contributed by atoms with Crippen molar-refractivity contribution >= 4 is 22.9 Å². The van der Waals surface area contributed by atoms with Crippen LogP contribution in [0.15, 0.2) is 85.1 Å². The molecule has 2 aliphatic heterocycles. The van der Waals surface area contributed by atoms with E-state index in [-0.39, 0.29) is 11.3 Å². The van der Waals surface area contributed by atoms with Crippen molar-refractivity contribution in [2.75, 3.05) is 66.5 Å². The Morgan fingerprint density at radius 2 is 1.56 bits per heavy atom. The topological polar surface area (TPSA) is 103 Å². The van der Waals surface area contributed by atoms with Gasteiger partial charge in [0.2, 0.25) is 11.7 Å². The Bertz CT molecular complexity index is 1970. The van der Waals surface area contributed by atoms with E-state index in [2.05, 4.69) is 56.2 Å². The summed E-state index contributed by atoms with van der Waals surface area (Å²) in [4.78, 5) is 28.1. The Morgan fingerprint density at radius 1 is 0.846 bits per heavy atom. The molecule has 1 N–H and O–H groups in total. The molecular weight excluding hydrogens is 656 g/mol. The number of hydrogen-bond donors (Lipinski definition) is 1. The zero-order valence-corrected chi connectivity index (χ0v) is 30.5. The summed E-state index contributed by atoms with van der Waals surface area (Å²) in [5, 5.41) is 3.79. The van der Waals surface area contributed by atoms with E-state index >= 15 is 0 Å². The molecule has 1 amide bonds. The van der Waals surface area contributed by atoms with Crippen LogP contribution < -0.4 is 24.3 Å². The number of likely N-dealkylation sites (tertiary alicyclic amines) is 2. The van der Waals surface area contributed by atoms with E-state index in [9.17, 15) is 4.79 Å². The molecular formula is C41H48N6O5. The van der Waals surface area contributed by atoms with Gasteiger partial charge in [-0.25, -0.2) is 4.98 Å². The van der Waals surface area contributed by atoms with Crippen LogP contribution in [0.4, 0.5) is 5.95 Å². The maximum absolute atomic E-state index is 14.0. The summed E-state index contributed by atoms with van der Waals surface area (Å²) in [6, 6.07) is 26.4. The van der Waals surface area contributed by atoms with Gasteiger partial charge in [-0.15, -0.1) is 0 Å². The number of piperidine rings is 1. The SMILES string of the molecule is COc1ccccc1C1(CCN2CCC(Nc3nc4ccccc4n3Cc3ccccn3)CC2)CCN(C(=O)c2cc(OC)c(OC)c(OC)c2)C1. The molecule has 2 saturated heterocycles. The number of carbonyl (C=O) groups is 1. The molecule has 1 unspecified atom stereocenters. The number of nitrogens with zero attached hydrogens (tertiary/aromatic N) is 5. The van der Waals surface area contributed by atoms with E-state index in [1.165, 1.54) is 0 Å². The minimum absolute atomic E-state index is 0.0584. The van der Waals surface area contributed by atoms with E-state index < -0.39 is 0 Å². The van der Waals surface area contributed by atoms with E-state index in [0.29, 0.717) is 48.5 Å². The highest BCUT2D eigenvalue weighted by Crippen LogP contribution is 2.44. The number of imidazole rings is 1. The maximum atomic E-state index is 14.0. The van der Waals surface area contributed by atoms with Crippen molar-refractivity contribution in [1.82, 2.24) is 24.3 Å². The zero-order valence-electron chi connectivity index (χ0n) is 30.5. The summed E-state index contributed by atoms with van der Waals surface area (Å²) in [7, 11) is 6.41. The fourth-order valence-electron chi connectivity index (χ4n) is 7.93. The van der Waals surface area contributed by atoms with Gasteiger partial charge in [-0.3, -0.25) is 9.78 Å². The van der Waals surface area contributed by atoms with E-state index in [1.54, 1.807) is 40.6 Å². The second-order valence-corrected chi connectivity index (χ2v) is 13.7. The molecule has 272 valence electrons. The van der Waals surface area contributed by atoms with Gasteiger partial charge in [0.1, 0.15) is 5.75 Å². The molecule has 5 aromatic rings. The van der Waals surface area contributed by atoms with Gasteiger partial charge in [0.25, 0.3) is 5.91 Å². The van der Waals surface area contributed by atoms with Crippen molar-refractivity contribution < 1.29 is 23.7 Å². The van der Waals surface area contributed by atoms with Crippen LogP contribution in [-0.2, 0) is 12.0 Å². The maximum Gasteiger partial charge on any atom is 0.254 e. The molecule has 0 spiro atoms. The highest BCUT2D eigenvalue weighted by molar-refractivity contribution is 5.96. The third-order valence-electron chi connectivity index (χ3n) is 10.8. The standard InChI is InChI=1S/C41H48N6O5/c1-49-35-15-8-5-12-32(35)41(19-24-46(28-41)39(48)29-25-36(50-2)38(52-4)37(26-29)51-3)18-23-45-21-16-30(17-22-45)43-40-44-33-13-6-7-14-34(33)47(40)27-31-11-9-10-20-42-31/h5-15,20,25-26,30H,16-19,21-24,27-28H2,1-4H3,(H,43,44). The van der Waals surface area contributed by atoms with Gasteiger partial charge in [-0.2, -0.15) is 0 Å². The molecule has 0 radical (unpaired) electrons. The lowest BCUT2D eigenvalue weighted by Crippen LogP contribution is -2.43. The summed E-state index contributed by atoms with van der Waals surface area (Å²) >= 11 is 0. The van der Waals surface area contributed by atoms with Crippen LogP contribution >= 0.6 is 0 Å². The summed E-state index contributed by atoms with van der Waals surface area (Å²) in [5.41, 5.74) is 4.49. The Morgan fingerprint density at radius 3 is 2.27 bits per heavy atom. The average molecular weight is 705 g/mol. The van der Waals surface area contributed by atoms with Crippen LogP contribution in [-0.4, -0.2) is 97.4 Å². The smallest absolute Gasteiger partial charge is 0.254 e. The van der Waals surface area contributed by atoms with E-state index in [4.69, 9.17) is 23.9 Å². The minimum atomic E-state index is -0.256. The minimum Gasteiger partial charge on any atom is -0.496 e. The highest BCUT2D eigenvalue weighted by Gasteiger charge is 2.43. The molecule has 0 bridgehead atoms. The molecule has 2 fully saturated rings. The normalized spacial score (nSPS) is 18.0. The molecule has 0 aliphatic carbocycles. The Labute approximate surface area is 305 Å². The number of amides is 1. The Balaban J connectivity index is 1.04. The molecule has 4 heterocycles. The molecule has 7 rings (SSSR count). The number of aromatic nitrogens is 3. The number of anilines is 1. The van der Waals surface area contributed by atoms with Gasteiger partial charge in [0.05, 0.1) is 51.7 Å². The van der Waals surface area contributed by atoms with Crippen LogP contribution in [0.2, 0.25) is 0 Å². The van der Waals surface area contributed by atoms with Crippen LogP contribution in [0.25, 0.3) is 11.0 Å². The van der Waals surface area contributed by atoms with Crippen LogP contribution in [0, 0.1) is 0 Å². The number of fused-ring (bicyclic) bond motifs is 1. The fraction of sp³-hybridized carbons (Fsp3) is 0.390. The lowest BCUT2D eigenvalue weighted by atomic mass is 9.76. The van der Waals surface area contributed by atoms with Crippen molar-refractivity contribution in [2.24, 2.45) is 0 Å². The van der Waals surface area contributed by atoms with Crippen molar-refractivity contribution in [3.8, 4) is 23.0 Å². The lowest BCUT2D eigenvalue weighted by Gasteiger charge is -2.37. The van der Waals surface area contributed by atoms with Gasteiger partial charge in [0.15, 0.2) is 11.5 Å².